The molecule has 0 N–H and O–H groups in total. The standard InChI is InChI=1S/C6H8N2O.C2H2/c1-9-6-7-4-2-3-5-8-6;1-2/h2,4-5H,3H2,1H3;1-2H. The van der Waals surface area contributed by atoms with E-state index in [1.54, 1.807) is 19.5 Å². The molecule has 0 atom stereocenters. The second kappa shape index (κ2) is 6.56. The lowest BCUT2D eigenvalue weighted by Gasteiger charge is -1.91. The van der Waals surface area contributed by atoms with Crippen molar-refractivity contribution in [1.82, 2.24) is 0 Å². The minimum absolute atomic E-state index is 0.420. The van der Waals surface area contributed by atoms with Gasteiger partial charge in [0.15, 0.2) is 0 Å². The summed E-state index contributed by atoms with van der Waals surface area (Å²) < 4.78 is 4.77. The maximum Gasteiger partial charge on any atom is 0.315 e. The van der Waals surface area contributed by atoms with Gasteiger partial charge in [-0.05, 0) is 0 Å². The van der Waals surface area contributed by atoms with Crippen molar-refractivity contribution in [2.45, 2.75) is 6.42 Å². The lowest BCUT2D eigenvalue weighted by molar-refractivity contribution is 0.397. The summed E-state index contributed by atoms with van der Waals surface area (Å²) in [7, 11) is 1.55. The van der Waals surface area contributed by atoms with Crippen LogP contribution in [0.25, 0.3) is 0 Å². The molecule has 0 aromatic heterocycles. The highest BCUT2D eigenvalue weighted by Gasteiger charge is 1.90. The normalized spacial score (nSPS) is 13.9. The molecule has 0 aliphatic carbocycles. The second-order valence-electron chi connectivity index (χ2n) is 1.55. The molecule has 58 valence electrons. The topological polar surface area (TPSA) is 34.0 Å². The molecule has 1 rings (SSSR count). The predicted octanol–water partition coefficient (Wildman–Crippen LogP) is 1.23. The van der Waals surface area contributed by atoms with Gasteiger partial charge >= 0.3 is 6.02 Å². The number of methoxy groups -OCH3 is 1. The van der Waals surface area contributed by atoms with Crippen LogP contribution >= 0.6 is 0 Å². The third kappa shape index (κ3) is 3.93. The van der Waals surface area contributed by atoms with Gasteiger partial charge in [0.25, 0.3) is 0 Å². The Morgan fingerprint density at radius 3 is 2.91 bits per heavy atom. The molecule has 0 spiro atoms. The summed E-state index contributed by atoms with van der Waals surface area (Å²) in [6, 6.07) is 0.420. The molecule has 0 saturated carbocycles. The van der Waals surface area contributed by atoms with Crippen LogP contribution < -0.4 is 0 Å². The van der Waals surface area contributed by atoms with E-state index in [4.69, 9.17) is 4.74 Å². The lowest BCUT2D eigenvalue weighted by Crippen LogP contribution is -1.94. The first-order chi connectivity index (χ1) is 5.43. The van der Waals surface area contributed by atoms with E-state index in [2.05, 4.69) is 22.8 Å². The summed E-state index contributed by atoms with van der Waals surface area (Å²) in [5, 5.41) is 0. The van der Waals surface area contributed by atoms with E-state index >= 15 is 0 Å². The van der Waals surface area contributed by atoms with Gasteiger partial charge in [0.2, 0.25) is 0 Å². The van der Waals surface area contributed by atoms with Gasteiger partial charge in [-0.2, -0.15) is 0 Å². The van der Waals surface area contributed by atoms with Crippen LogP contribution in [0.3, 0.4) is 0 Å². The molecule has 0 aromatic carbocycles. The van der Waals surface area contributed by atoms with Gasteiger partial charge in [0.1, 0.15) is 0 Å². The lowest BCUT2D eigenvalue weighted by atomic mass is 10.5. The van der Waals surface area contributed by atoms with Gasteiger partial charge < -0.3 is 4.74 Å². The monoisotopic (exact) mass is 150 g/mol. The third-order valence-electron chi connectivity index (χ3n) is 0.916. The molecule has 0 amide bonds. The van der Waals surface area contributed by atoms with E-state index in [0.29, 0.717) is 6.02 Å². The van der Waals surface area contributed by atoms with Crippen LogP contribution in [-0.4, -0.2) is 19.3 Å². The van der Waals surface area contributed by atoms with E-state index < -0.39 is 0 Å². The summed E-state index contributed by atoms with van der Waals surface area (Å²) in [5.41, 5.74) is 0. The molecule has 1 heterocycles. The van der Waals surface area contributed by atoms with Gasteiger partial charge in [-0.1, -0.05) is 6.08 Å². The Kier molecular flexibility index (Phi) is 5.63. The van der Waals surface area contributed by atoms with Crippen molar-refractivity contribution < 1.29 is 4.74 Å². The van der Waals surface area contributed by atoms with Gasteiger partial charge in [-0.25, -0.2) is 9.98 Å². The van der Waals surface area contributed by atoms with E-state index in [1.165, 1.54) is 0 Å². The molecule has 1 aliphatic rings. The smallest absolute Gasteiger partial charge is 0.315 e. The molecule has 0 radical (unpaired) electrons. The average Bonchev–Trinajstić information content (AvgIpc) is 2.35. The van der Waals surface area contributed by atoms with Crippen molar-refractivity contribution in [2.75, 3.05) is 7.11 Å². The minimum atomic E-state index is 0.420. The fourth-order valence-electron chi connectivity index (χ4n) is 0.508. The Labute approximate surface area is 66.5 Å². The number of aliphatic imine (C=N–C) groups is 2. The quantitative estimate of drug-likeness (QED) is 0.478. The fourth-order valence-corrected chi connectivity index (χ4v) is 0.508. The highest BCUT2D eigenvalue weighted by Crippen LogP contribution is 1.91. The van der Waals surface area contributed by atoms with Crippen LogP contribution in [0.15, 0.2) is 22.3 Å². The molecule has 0 saturated heterocycles. The Hall–Kier alpha value is -1.56. The Morgan fingerprint density at radius 2 is 2.27 bits per heavy atom. The van der Waals surface area contributed by atoms with E-state index in [9.17, 15) is 0 Å². The van der Waals surface area contributed by atoms with Crippen LogP contribution in [0, 0.1) is 12.8 Å². The first-order valence-corrected chi connectivity index (χ1v) is 3.06. The minimum Gasteiger partial charge on any atom is -0.467 e. The zero-order valence-electron chi connectivity index (χ0n) is 6.40. The molecule has 0 unspecified atom stereocenters. The molecule has 3 nitrogen and oxygen atoms in total. The van der Waals surface area contributed by atoms with Crippen LogP contribution in [0.2, 0.25) is 0 Å². The molecule has 11 heavy (non-hydrogen) atoms. The van der Waals surface area contributed by atoms with Gasteiger partial charge in [-0.3, -0.25) is 0 Å². The Bertz CT molecular complexity index is 201. The molecule has 3 heteroatoms. The zero-order chi connectivity index (χ0) is 8.53. The summed E-state index contributed by atoms with van der Waals surface area (Å²) in [6.45, 7) is 0. The van der Waals surface area contributed by atoms with Crippen LogP contribution in [0.5, 0.6) is 0 Å². The molecule has 0 bridgehead atoms. The van der Waals surface area contributed by atoms with Crippen molar-refractivity contribution in [3.8, 4) is 12.8 Å². The zero-order valence-corrected chi connectivity index (χ0v) is 6.40. The summed E-state index contributed by atoms with van der Waals surface area (Å²) >= 11 is 0. The molecular formula is C8H10N2O. The van der Waals surface area contributed by atoms with E-state index in [0.717, 1.165) is 6.42 Å². The van der Waals surface area contributed by atoms with Crippen LogP contribution in [0.4, 0.5) is 0 Å². The van der Waals surface area contributed by atoms with Crippen molar-refractivity contribution in [2.24, 2.45) is 9.98 Å². The van der Waals surface area contributed by atoms with Crippen LogP contribution in [-0.2, 0) is 4.74 Å². The second-order valence-corrected chi connectivity index (χ2v) is 1.55. The largest absolute Gasteiger partial charge is 0.467 e. The number of amidine groups is 1. The highest BCUT2D eigenvalue weighted by molar-refractivity contribution is 5.84. The summed E-state index contributed by atoms with van der Waals surface area (Å²) in [4.78, 5) is 7.74. The number of nitrogens with zero attached hydrogens (tertiary/aromatic N) is 2. The van der Waals surface area contributed by atoms with Crippen LogP contribution in [0.1, 0.15) is 6.42 Å². The molecule has 0 aromatic rings. The Balaban J connectivity index is 0.000000461. The SMILES string of the molecule is C#C.COC1=NC=CCC=N1. The predicted molar refractivity (Wildman–Crippen MR) is 46.6 cm³/mol. The molecule has 0 fully saturated rings. The summed E-state index contributed by atoms with van der Waals surface area (Å²) in [5.74, 6) is 0. The van der Waals surface area contributed by atoms with Gasteiger partial charge in [0.05, 0.1) is 7.11 Å². The summed E-state index contributed by atoms with van der Waals surface area (Å²) in [6.07, 6.45) is 14.2. The fraction of sp³-hybridized carbons (Fsp3) is 0.250. The first kappa shape index (κ1) is 9.44. The third-order valence-corrected chi connectivity index (χ3v) is 0.916. The highest BCUT2D eigenvalue weighted by atomic mass is 16.5. The molecular weight excluding hydrogens is 140 g/mol. The number of ether oxygens (including phenoxy) is 1. The number of hydrogen-bond acceptors (Lipinski definition) is 3. The first-order valence-electron chi connectivity index (χ1n) is 3.06. The maximum absolute atomic E-state index is 4.77. The number of allylic oxidation sites excluding steroid dienone is 1. The van der Waals surface area contributed by atoms with Crippen molar-refractivity contribution >= 4 is 12.2 Å². The number of rotatable bonds is 0. The number of hydrogen-bond donors (Lipinski definition) is 0. The van der Waals surface area contributed by atoms with E-state index in [1.807, 2.05) is 6.08 Å². The van der Waals surface area contributed by atoms with Crippen molar-refractivity contribution in [1.29, 1.82) is 0 Å². The van der Waals surface area contributed by atoms with Gasteiger partial charge in [-0.15, -0.1) is 12.8 Å². The Morgan fingerprint density at radius 1 is 1.55 bits per heavy atom. The number of terminal acetylenes is 1. The maximum atomic E-state index is 4.77. The van der Waals surface area contributed by atoms with Gasteiger partial charge in [0, 0.05) is 18.8 Å². The molecule has 1 aliphatic heterocycles. The average molecular weight is 150 g/mol. The van der Waals surface area contributed by atoms with E-state index in [-0.39, 0.29) is 0 Å². The van der Waals surface area contributed by atoms with Crippen molar-refractivity contribution in [3.63, 3.8) is 0 Å². The van der Waals surface area contributed by atoms with Crippen molar-refractivity contribution in [3.05, 3.63) is 12.3 Å².